The number of rotatable bonds is 17. The SMILES string of the molecule is O=C(N[C@H](CC[C@H](Cc1ccccc1)NC(=O)[C@H](CO)NC(=O)N(Cc1cscn1)C1CC1)Cc1ccccc1)OCc1cncs1. The molecule has 0 bridgehead atoms. The molecule has 0 unspecified atom stereocenters. The smallest absolute Gasteiger partial charge is 0.407 e. The number of thiazole rings is 2. The van der Waals surface area contributed by atoms with Gasteiger partial charge in [0, 0.05) is 29.7 Å². The van der Waals surface area contributed by atoms with Crippen molar-refractivity contribution in [3.05, 3.63) is 105 Å². The van der Waals surface area contributed by atoms with E-state index in [1.807, 2.05) is 66.0 Å². The van der Waals surface area contributed by atoms with E-state index in [2.05, 4.69) is 25.9 Å². The van der Waals surface area contributed by atoms with Crippen molar-refractivity contribution in [2.24, 2.45) is 0 Å². The molecule has 4 amide bonds. The first-order valence-electron chi connectivity index (χ1n) is 15.7. The number of ether oxygens (including phenoxy) is 1. The lowest BCUT2D eigenvalue weighted by Crippen LogP contribution is -2.55. The van der Waals surface area contributed by atoms with Gasteiger partial charge in [-0.25, -0.2) is 14.6 Å². The molecule has 4 N–H and O–H groups in total. The maximum Gasteiger partial charge on any atom is 0.407 e. The standard InChI is InChI=1S/C34H40N6O5S2/c41-19-31(39-33(43)40(29-13-14-29)18-28-21-46-23-36-28)32(42)37-26(15-24-7-3-1-4-8-24)11-12-27(16-25-9-5-2-6-10-25)38-34(44)45-20-30-17-35-22-47-30/h1-10,17,21-23,26-27,29,31,41H,11-16,18-20H2,(H,37,42)(H,38,44)(H,39,43)/t26-,27-,31+/m1/s1. The molecule has 1 fully saturated rings. The van der Waals surface area contributed by atoms with E-state index < -0.39 is 30.7 Å². The van der Waals surface area contributed by atoms with Crippen LogP contribution in [0.3, 0.4) is 0 Å². The van der Waals surface area contributed by atoms with Gasteiger partial charge in [-0.05, 0) is 49.7 Å². The molecule has 2 heterocycles. The highest BCUT2D eigenvalue weighted by Gasteiger charge is 2.35. The Bertz CT molecular complexity index is 1520. The number of amides is 4. The summed E-state index contributed by atoms with van der Waals surface area (Å²) in [5.74, 6) is -0.470. The monoisotopic (exact) mass is 676 g/mol. The number of hydrogen-bond donors (Lipinski definition) is 4. The van der Waals surface area contributed by atoms with Crippen LogP contribution < -0.4 is 16.0 Å². The summed E-state index contributed by atoms with van der Waals surface area (Å²) < 4.78 is 5.45. The van der Waals surface area contributed by atoms with Crippen LogP contribution in [-0.2, 0) is 35.5 Å². The number of aliphatic hydroxyl groups is 1. The maximum atomic E-state index is 13.5. The molecule has 11 nitrogen and oxygen atoms in total. The quantitative estimate of drug-likeness (QED) is 0.127. The molecular weight excluding hydrogens is 637 g/mol. The third-order valence-electron chi connectivity index (χ3n) is 7.87. The van der Waals surface area contributed by atoms with Gasteiger partial charge in [-0.3, -0.25) is 9.78 Å². The lowest BCUT2D eigenvalue weighted by molar-refractivity contribution is -0.124. The zero-order valence-electron chi connectivity index (χ0n) is 26.0. The van der Waals surface area contributed by atoms with Gasteiger partial charge < -0.3 is 30.7 Å². The van der Waals surface area contributed by atoms with Crippen molar-refractivity contribution < 1.29 is 24.2 Å². The fourth-order valence-electron chi connectivity index (χ4n) is 5.28. The first-order chi connectivity index (χ1) is 23.0. The lowest BCUT2D eigenvalue weighted by Gasteiger charge is -2.27. The van der Waals surface area contributed by atoms with E-state index in [1.165, 1.54) is 22.7 Å². The van der Waals surface area contributed by atoms with E-state index in [9.17, 15) is 19.5 Å². The molecule has 47 heavy (non-hydrogen) atoms. The predicted molar refractivity (Wildman–Crippen MR) is 181 cm³/mol. The molecule has 0 radical (unpaired) electrons. The topological polar surface area (TPSA) is 146 Å². The fourth-order valence-corrected chi connectivity index (χ4v) is 6.33. The van der Waals surface area contributed by atoms with Crippen molar-refractivity contribution in [2.45, 2.75) is 75.8 Å². The number of carbonyl (C=O) groups excluding carboxylic acids is 3. The molecule has 2 aromatic heterocycles. The summed E-state index contributed by atoms with van der Waals surface area (Å²) in [6, 6.07) is 17.6. The van der Waals surface area contributed by atoms with Crippen molar-refractivity contribution in [3.63, 3.8) is 0 Å². The molecule has 1 aliphatic rings. The molecule has 0 saturated heterocycles. The summed E-state index contributed by atoms with van der Waals surface area (Å²) in [6.45, 7) is -0.0645. The summed E-state index contributed by atoms with van der Waals surface area (Å²) >= 11 is 2.88. The Morgan fingerprint density at radius 3 is 2.13 bits per heavy atom. The Labute approximate surface area is 282 Å². The van der Waals surface area contributed by atoms with Gasteiger partial charge in [-0.15, -0.1) is 22.7 Å². The largest absolute Gasteiger partial charge is 0.444 e. The van der Waals surface area contributed by atoms with Crippen LogP contribution >= 0.6 is 22.7 Å². The minimum absolute atomic E-state index is 0.0904. The van der Waals surface area contributed by atoms with Crippen LogP contribution in [0.4, 0.5) is 9.59 Å². The molecule has 248 valence electrons. The number of nitrogens with one attached hydrogen (secondary N) is 3. The van der Waals surface area contributed by atoms with E-state index in [-0.39, 0.29) is 24.7 Å². The second-order valence-corrected chi connectivity index (χ2v) is 13.3. The van der Waals surface area contributed by atoms with E-state index in [4.69, 9.17) is 4.74 Å². The average molecular weight is 677 g/mol. The van der Waals surface area contributed by atoms with E-state index in [0.29, 0.717) is 32.2 Å². The Morgan fingerprint density at radius 1 is 0.915 bits per heavy atom. The minimum Gasteiger partial charge on any atom is -0.444 e. The van der Waals surface area contributed by atoms with Gasteiger partial charge in [0.15, 0.2) is 0 Å². The van der Waals surface area contributed by atoms with E-state index >= 15 is 0 Å². The van der Waals surface area contributed by atoms with Crippen LogP contribution in [0.5, 0.6) is 0 Å². The molecule has 0 spiro atoms. The van der Waals surface area contributed by atoms with E-state index in [0.717, 1.165) is 34.5 Å². The van der Waals surface area contributed by atoms with Crippen molar-refractivity contribution in [3.8, 4) is 0 Å². The van der Waals surface area contributed by atoms with Gasteiger partial charge in [-0.1, -0.05) is 60.7 Å². The van der Waals surface area contributed by atoms with Crippen LogP contribution in [0.15, 0.2) is 83.3 Å². The predicted octanol–water partition coefficient (Wildman–Crippen LogP) is 4.68. The molecule has 0 aliphatic heterocycles. The molecule has 3 atom stereocenters. The number of hydrogen-bond acceptors (Lipinski definition) is 9. The number of alkyl carbamates (subject to hydrolysis) is 1. The van der Waals surface area contributed by atoms with E-state index in [1.54, 1.807) is 22.1 Å². The highest BCUT2D eigenvalue weighted by Crippen LogP contribution is 2.28. The van der Waals surface area contributed by atoms with Gasteiger partial charge in [0.05, 0.1) is 34.7 Å². The number of carbonyl (C=O) groups is 3. The van der Waals surface area contributed by atoms with Crippen molar-refractivity contribution in [2.75, 3.05) is 6.61 Å². The number of aromatic nitrogens is 2. The highest BCUT2D eigenvalue weighted by molar-refractivity contribution is 7.09. The van der Waals surface area contributed by atoms with Crippen LogP contribution in [0.25, 0.3) is 0 Å². The Balaban J connectivity index is 1.23. The summed E-state index contributed by atoms with van der Waals surface area (Å²) in [4.78, 5) is 50.4. The number of aliphatic hydroxyl groups excluding tert-OH is 1. The molecular formula is C34H40N6O5S2. The summed E-state index contributed by atoms with van der Waals surface area (Å²) in [5.41, 5.74) is 6.29. The van der Waals surface area contributed by atoms with Crippen LogP contribution in [0, 0.1) is 0 Å². The molecule has 2 aromatic carbocycles. The summed E-state index contributed by atoms with van der Waals surface area (Å²) in [7, 11) is 0. The molecule has 5 rings (SSSR count). The van der Waals surface area contributed by atoms with Crippen LogP contribution in [0.1, 0.15) is 47.4 Å². The summed E-state index contributed by atoms with van der Waals surface area (Å²) in [5, 5.41) is 20.9. The molecule has 4 aromatic rings. The molecule has 1 aliphatic carbocycles. The van der Waals surface area contributed by atoms with Gasteiger partial charge in [-0.2, -0.15) is 0 Å². The van der Waals surface area contributed by atoms with Crippen molar-refractivity contribution in [1.82, 2.24) is 30.8 Å². The number of nitrogens with zero attached hydrogens (tertiary/aromatic N) is 3. The average Bonchev–Trinajstić information content (AvgIpc) is 3.52. The Hall–Kier alpha value is -4.33. The maximum absolute atomic E-state index is 13.5. The van der Waals surface area contributed by atoms with Gasteiger partial charge in [0.1, 0.15) is 12.6 Å². The molecule has 1 saturated carbocycles. The Morgan fingerprint density at radius 2 is 1.57 bits per heavy atom. The Kier molecular flexibility index (Phi) is 12.7. The van der Waals surface area contributed by atoms with Crippen molar-refractivity contribution >= 4 is 40.7 Å². The van der Waals surface area contributed by atoms with Crippen molar-refractivity contribution in [1.29, 1.82) is 0 Å². The number of urea groups is 1. The summed E-state index contributed by atoms with van der Waals surface area (Å²) in [6.07, 6.45) is 5.11. The van der Waals surface area contributed by atoms with Gasteiger partial charge in [0.25, 0.3) is 0 Å². The zero-order chi connectivity index (χ0) is 32.8. The lowest BCUT2D eigenvalue weighted by atomic mass is 9.96. The van der Waals surface area contributed by atoms with Gasteiger partial charge in [0.2, 0.25) is 5.91 Å². The third-order valence-corrected chi connectivity index (χ3v) is 9.26. The molecule has 13 heteroatoms. The third kappa shape index (κ3) is 11.2. The van der Waals surface area contributed by atoms with Crippen LogP contribution in [-0.4, -0.2) is 68.8 Å². The highest BCUT2D eigenvalue weighted by atomic mass is 32.1. The zero-order valence-corrected chi connectivity index (χ0v) is 27.6. The second-order valence-electron chi connectivity index (χ2n) is 11.6. The minimum atomic E-state index is -1.13. The van der Waals surface area contributed by atoms with Crippen LogP contribution in [0.2, 0.25) is 0 Å². The number of benzene rings is 2. The first kappa shape index (κ1) is 34.0. The normalized spacial score (nSPS) is 14.4. The fraction of sp³-hybridized carbons (Fsp3) is 0.382. The first-order valence-corrected chi connectivity index (χ1v) is 17.5. The second kappa shape index (κ2) is 17.5. The van der Waals surface area contributed by atoms with Gasteiger partial charge >= 0.3 is 12.1 Å².